The van der Waals surface area contributed by atoms with Gasteiger partial charge in [-0.1, -0.05) is 6.07 Å². The van der Waals surface area contributed by atoms with Crippen LogP contribution in [0.4, 0.5) is 6.01 Å². The molecule has 0 radical (unpaired) electrons. The lowest BCUT2D eigenvalue weighted by Crippen LogP contribution is -2.27. The van der Waals surface area contributed by atoms with Gasteiger partial charge in [0.1, 0.15) is 0 Å². The van der Waals surface area contributed by atoms with E-state index in [1.54, 1.807) is 18.3 Å². The van der Waals surface area contributed by atoms with Crippen molar-refractivity contribution in [3.8, 4) is 10.6 Å². The number of nitrogens with zero attached hydrogens (tertiary/aromatic N) is 1. The fourth-order valence-electron chi connectivity index (χ4n) is 1.50. The molecule has 0 aromatic carbocycles. The predicted molar refractivity (Wildman–Crippen MR) is 74.2 cm³/mol. The summed E-state index contributed by atoms with van der Waals surface area (Å²) in [5.41, 5.74) is 0.676. The molecule has 0 spiro atoms. The van der Waals surface area contributed by atoms with E-state index >= 15 is 0 Å². The Hall–Kier alpha value is -1.62. The third kappa shape index (κ3) is 2.79. The molecule has 0 amide bonds. The van der Waals surface area contributed by atoms with Gasteiger partial charge in [0.25, 0.3) is 6.01 Å². The van der Waals surface area contributed by atoms with E-state index in [1.165, 1.54) is 0 Å². The highest BCUT2D eigenvalue weighted by Gasteiger charge is 2.16. The van der Waals surface area contributed by atoms with Gasteiger partial charge in [0.15, 0.2) is 0 Å². The Morgan fingerprint density at radius 2 is 2.11 bits per heavy atom. The molecule has 2 aromatic rings. The Balaban J connectivity index is 2.51. The van der Waals surface area contributed by atoms with Crippen LogP contribution in [0.25, 0.3) is 10.6 Å². The molecule has 0 aliphatic carbocycles. The summed E-state index contributed by atoms with van der Waals surface area (Å²) in [4.78, 5) is 17.2. The minimum Gasteiger partial charge on any atom is -0.389 e. The molecule has 0 aliphatic rings. The van der Waals surface area contributed by atoms with Crippen molar-refractivity contribution >= 4 is 17.4 Å². The first kappa shape index (κ1) is 12.8. The van der Waals surface area contributed by atoms with Crippen LogP contribution in [0.3, 0.4) is 0 Å². The molecule has 18 heavy (non-hydrogen) atoms. The number of hydrogen-bond donors (Lipinski definition) is 1. The van der Waals surface area contributed by atoms with E-state index < -0.39 is 0 Å². The zero-order valence-corrected chi connectivity index (χ0v) is 11.7. The zero-order valence-electron chi connectivity index (χ0n) is 10.9. The molecule has 0 saturated heterocycles. The highest BCUT2D eigenvalue weighted by atomic mass is 32.1. The summed E-state index contributed by atoms with van der Waals surface area (Å²) in [6.07, 6.45) is 0. The van der Waals surface area contributed by atoms with Gasteiger partial charge in [0.2, 0.25) is 0 Å². The van der Waals surface area contributed by atoms with E-state index in [1.807, 2.05) is 38.3 Å². The van der Waals surface area contributed by atoms with Crippen molar-refractivity contribution in [3.63, 3.8) is 0 Å². The maximum absolute atomic E-state index is 11.8. The number of aromatic nitrogens is 1. The lowest BCUT2D eigenvalue weighted by atomic mass is 10.1. The molecule has 5 heteroatoms. The molecular weight excluding hydrogens is 248 g/mol. The summed E-state index contributed by atoms with van der Waals surface area (Å²) in [7, 11) is 0. The second-order valence-electron chi connectivity index (χ2n) is 5.13. The van der Waals surface area contributed by atoms with Crippen LogP contribution < -0.4 is 10.9 Å². The maximum Gasteiger partial charge on any atom is 0.343 e. The number of nitrogens with one attached hydrogen (secondary N) is 1. The molecule has 0 bridgehead atoms. The summed E-state index contributed by atoms with van der Waals surface area (Å²) >= 11 is 1.55. The van der Waals surface area contributed by atoms with Gasteiger partial charge in [-0.2, -0.15) is 4.98 Å². The van der Waals surface area contributed by atoms with Gasteiger partial charge in [-0.25, -0.2) is 4.79 Å². The Morgan fingerprint density at radius 1 is 1.39 bits per heavy atom. The van der Waals surface area contributed by atoms with Gasteiger partial charge in [0.05, 0.1) is 16.1 Å². The van der Waals surface area contributed by atoms with Crippen molar-refractivity contribution in [2.45, 2.75) is 33.2 Å². The molecule has 0 aliphatic heterocycles. The lowest BCUT2D eigenvalue weighted by molar-refractivity contribution is 0.478. The van der Waals surface area contributed by atoms with Gasteiger partial charge in [-0.15, -0.1) is 11.3 Å². The first-order valence-electron chi connectivity index (χ1n) is 5.70. The van der Waals surface area contributed by atoms with E-state index in [0.717, 1.165) is 4.88 Å². The van der Waals surface area contributed by atoms with Gasteiger partial charge < -0.3 is 9.73 Å². The van der Waals surface area contributed by atoms with Crippen molar-refractivity contribution in [1.29, 1.82) is 0 Å². The number of rotatable bonds is 2. The summed E-state index contributed by atoms with van der Waals surface area (Å²) in [5.74, 6) is 0. The highest BCUT2D eigenvalue weighted by molar-refractivity contribution is 7.13. The molecule has 2 aromatic heterocycles. The molecule has 2 heterocycles. The highest BCUT2D eigenvalue weighted by Crippen LogP contribution is 2.25. The summed E-state index contributed by atoms with van der Waals surface area (Å²) in [6.45, 7) is 7.69. The van der Waals surface area contributed by atoms with Crippen molar-refractivity contribution in [2.75, 3.05) is 5.32 Å². The van der Waals surface area contributed by atoms with Crippen LogP contribution in [0.5, 0.6) is 0 Å². The van der Waals surface area contributed by atoms with Gasteiger partial charge in [-0.05, 0) is 39.1 Å². The second-order valence-corrected chi connectivity index (χ2v) is 6.08. The number of thiophene rings is 1. The summed E-state index contributed by atoms with van der Waals surface area (Å²) < 4.78 is 5.15. The van der Waals surface area contributed by atoms with E-state index in [-0.39, 0.29) is 17.2 Å². The van der Waals surface area contributed by atoms with E-state index in [2.05, 4.69) is 10.3 Å². The average Bonchev–Trinajstić information content (AvgIpc) is 2.74. The van der Waals surface area contributed by atoms with Crippen LogP contribution in [-0.2, 0) is 0 Å². The van der Waals surface area contributed by atoms with Crippen LogP contribution in [0, 0.1) is 6.92 Å². The van der Waals surface area contributed by atoms with E-state index in [0.29, 0.717) is 11.3 Å². The fourth-order valence-corrected chi connectivity index (χ4v) is 2.27. The predicted octanol–water partition coefficient (Wildman–Crippen LogP) is 3.28. The van der Waals surface area contributed by atoms with Crippen molar-refractivity contribution in [1.82, 2.24) is 4.98 Å². The molecule has 4 nitrogen and oxygen atoms in total. The third-order valence-corrected chi connectivity index (χ3v) is 3.18. The smallest absolute Gasteiger partial charge is 0.343 e. The van der Waals surface area contributed by atoms with E-state index in [9.17, 15) is 4.79 Å². The minimum atomic E-state index is -0.347. The van der Waals surface area contributed by atoms with Crippen LogP contribution in [-0.4, -0.2) is 10.5 Å². The van der Waals surface area contributed by atoms with Crippen molar-refractivity contribution in [3.05, 3.63) is 33.5 Å². The minimum absolute atomic E-state index is 0.203. The Bertz CT molecular complexity index is 594. The largest absolute Gasteiger partial charge is 0.389 e. The van der Waals surface area contributed by atoms with Gasteiger partial charge >= 0.3 is 5.63 Å². The zero-order chi connectivity index (χ0) is 13.3. The topological polar surface area (TPSA) is 55.1 Å². The molecule has 0 unspecified atom stereocenters. The molecular formula is C13H16N2O2S. The monoisotopic (exact) mass is 264 g/mol. The van der Waals surface area contributed by atoms with Crippen LogP contribution in [0.15, 0.2) is 26.7 Å². The van der Waals surface area contributed by atoms with Crippen LogP contribution >= 0.6 is 11.3 Å². The third-order valence-electron chi connectivity index (χ3n) is 2.30. The molecule has 96 valence electrons. The van der Waals surface area contributed by atoms with Crippen LogP contribution in [0.1, 0.15) is 26.3 Å². The Labute approximate surface area is 110 Å². The average molecular weight is 264 g/mol. The summed E-state index contributed by atoms with van der Waals surface area (Å²) in [5, 5.41) is 5.04. The molecule has 2 rings (SSSR count). The standard InChI is InChI=1S/C13H16N2O2S/c1-8-10(9-6-5-7-18-9)14-12(17-11(8)16)15-13(2,3)4/h5-7H,1-4H3,(H,14,15). The summed E-state index contributed by atoms with van der Waals surface area (Å²) in [6, 6.07) is 4.15. The lowest BCUT2D eigenvalue weighted by Gasteiger charge is -2.20. The Kier molecular flexibility index (Phi) is 3.26. The molecule has 0 saturated carbocycles. The van der Waals surface area contributed by atoms with Crippen molar-refractivity contribution in [2.24, 2.45) is 0 Å². The van der Waals surface area contributed by atoms with Gasteiger partial charge in [-0.3, -0.25) is 0 Å². The SMILES string of the molecule is Cc1c(-c2cccs2)nc(NC(C)(C)C)oc1=O. The number of anilines is 1. The fraction of sp³-hybridized carbons (Fsp3) is 0.385. The number of hydrogen-bond acceptors (Lipinski definition) is 5. The molecule has 0 atom stereocenters. The second kappa shape index (κ2) is 4.57. The Morgan fingerprint density at radius 3 is 2.67 bits per heavy atom. The normalized spacial score (nSPS) is 11.6. The van der Waals surface area contributed by atoms with E-state index in [4.69, 9.17) is 4.42 Å². The first-order valence-corrected chi connectivity index (χ1v) is 6.58. The maximum atomic E-state index is 11.8. The van der Waals surface area contributed by atoms with Crippen molar-refractivity contribution < 1.29 is 4.42 Å². The van der Waals surface area contributed by atoms with Crippen LogP contribution in [0.2, 0.25) is 0 Å². The molecule has 0 fully saturated rings. The molecule has 1 N–H and O–H groups in total. The first-order chi connectivity index (χ1) is 8.37. The van der Waals surface area contributed by atoms with Gasteiger partial charge in [0, 0.05) is 5.54 Å². The quantitative estimate of drug-likeness (QED) is 0.904.